The fourth-order valence-corrected chi connectivity index (χ4v) is 1.48. The zero-order valence-electron chi connectivity index (χ0n) is 12.3. The molecule has 1 amide bonds. The van der Waals surface area contributed by atoms with Crippen LogP contribution < -0.4 is 5.32 Å². The fraction of sp³-hybridized carbons (Fsp3) is 0.929. The van der Waals surface area contributed by atoms with Gasteiger partial charge < -0.3 is 5.32 Å². The lowest BCUT2D eigenvalue weighted by Gasteiger charge is -2.30. The van der Waals surface area contributed by atoms with Gasteiger partial charge in [0.05, 0.1) is 0 Å². The standard InChI is InChI=1S/C14H29NO/c1-10(9-11(2)13(3,4)5)12(16)15-14(6,7)8/h10-11H,9H2,1-8H3,(H,15,16). The lowest BCUT2D eigenvalue weighted by Crippen LogP contribution is -2.43. The number of rotatable bonds is 3. The molecule has 0 radical (unpaired) electrons. The van der Waals surface area contributed by atoms with Gasteiger partial charge in [0.1, 0.15) is 0 Å². The van der Waals surface area contributed by atoms with E-state index in [0.29, 0.717) is 5.92 Å². The Balaban J connectivity index is 4.27. The van der Waals surface area contributed by atoms with Gasteiger partial charge in [-0.15, -0.1) is 0 Å². The van der Waals surface area contributed by atoms with Crippen LogP contribution >= 0.6 is 0 Å². The Morgan fingerprint density at radius 1 is 1.06 bits per heavy atom. The summed E-state index contributed by atoms with van der Waals surface area (Å²) in [6.45, 7) is 17.0. The van der Waals surface area contributed by atoms with Crippen LogP contribution in [-0.4, -0.2) is 11.4 Å². The van der Waals surface area contributed by atoms with Crippen LogP contribution in [0.25, 0.3) is 0 Å². The average molecular weight is 227 g/mol. The molecule has 0 aromatic carbocycles. The fourth-order valence-electron chi connectivity index (χ4n) is 1.48. The highest BCUT2D eigenvalue weighted by Crippen LogP contribution is 2.30. The van der Waals surface area contributed by atoms with Crippen molar-refractivity contribution in [3.63, 3.8) is 0 Å². The lowest BCUT2D eigenvalue weighted by atomic mass is 9.77. The van der Waals surface area contributed by atoms with Crippen molar-refractivity contribution in [2.45, 2.75) is 67.3 Å². The van der Waals surface area contributed by atoms with Gasteiger partial charge in [-0.1, -0.05) is 34.6 Å². The molecular formula is C14H29NO. The molecule has 0 aliphatic heterocycles. The second kappa shape index (κ2) is 5.20. The summed E-state index contributed by atoms with van der Waals surface area (Å²) in [5.74, 6) is 0.810. The summed E-state index contributed by atoms with van der Waals surface area (Å²) in [6.07, 6.45) is 0.950. The maximum atomic E-state index is 11.9. The molecule has 0 saturated heterocycles. The Morgan fingerprint density at radius 3 is 1.81 bits per heavy atom. The highest BCUT2D eigenvalue weighted by Gasteiger charge is 2.26. The van der Waals surface area contributed by atoms with Crippen LogP contribution in [0.3, 0.4) is 0 Å². The van der Waals surface area contributed by atoms with E-state index in [9.17, 15) is 4.79 Å². The van der Waals surface area contributed by atoms with Gasteiger partial charge in [-0.05, 0) is 38.5 Å². The maximum Gasteiger partial charge on any atom is 0.223 e. The van der Waals surface area contributed by atoms with E-state index in [-0.39, 0.29) is 22.8 Å². The minimum absolute atomic E-state index is 0.0912. The van der Waals surface area contributed by atoms with E-state index in [1.165, 1.54) is 0 Å². The molecule has 0 aliphatic rings. The van der Waals surface area contributed by atoms with Crippen LogP contribution in [-0.2, 0) is 4.79 Å². The second-order valence-electron chi connectivity index (χ2n) is 7.14. The summed E-state index contributed by atoms with van der Waals surface area (Å²) in [5.41, 5.74) is 0.145. The Hall–Kier alpha value is -0.530. The predicted molar refractivity (Wildman–Crippen MR) is 70.3 cm³/mol. The van der Waals surface area contributed by atoms with E-state index >= 15 is 0 Å². The van der Waals surface area contributed by atoms with Gasteiger partial charge in [0.15, 0.2) is 0 Å². The van der Waals surface area contributed by atoms with Crippen molar-refractivity contribution < 1.29 is 4.79 Å². The Kier molecular flexibility index (Phi) is 5.03. The zero-order valence-corrected chi connectivity index (χ0v) is 12.3. The van der Waals surface area contributed by atoms with Crippen molar-refractivity contribution >= 4 is 5.91 Å². The second-order valence-corrected chi connectivity index (χ2v) is 7.14. The topological polar surface area (TPSA) is 29.1 Å². The summed E-state index contributed by atoms with van der Waals surface area (Å²) in [5, 5.41) is 3.04. The van der Waals surface area contributed by atoms with Gasteiger partial charge in [-0.3, -0.25) is 4.79 Å². The van der Waals surface area contributed by atoms with Gasteiger partial charge in [0.25, 0.3) is 0 Å². The number of carbonyl (C=O) groups excluding carboxylic acids is 1. The predicted octanol–water partition coefficient (Wildman–Crippen LogP) is 3.61. The van der Waals surface area contributed by atoms with Gasteiger partial charge in [-0.2, -0.15) is 0 Å². The largest absolute Gasteiger partial charge is 0.351 e. The molecule has 0 heterocycles. The molecule has 0 fully saturated rings. The van der Waals surface area contributed by atoms with Crippen LogP contribution in [0, 0.1) is 17.3 Å². The number of nitrogens with one attached hydrogen (secondary N) is 1. The Labute approximate surface area is 101 Å². The molecule has 2 heteroatoms. The van der Waals surface area contributed by atoms with Crippen LogP contribution in [0.4, 0.5) is 0 Å². The molecular weight excluding hydrogens is 198 g/mol. The summed E-state index contributed by atoms with van der Waals surface area (Å²) in [4.78, 5) is 11.9. The van der Waals surface area contributed by atoms with Crippen LogP contribution in [0.15, 0.2) is 0 Å². The molecule has 1 N–H and O–H groups in total. The highest BCUT2D eigenvalue weighted by atomic mass is 16.2. The first kappa shape index (κ1) is 15.5. The summed E-state index contributed by atoms with van der Waals surface area (Å²) in [6, 6.07) is 0. The lowest BCUT2D eigenvalue weighted by molar-refractivity contribution is -0.126. The SMILES string of the molecule is CC(CC(C)C(C)(C)C)C(=O)NC(C)(C)C. The average Bonchev–Trinajstić information content (AvgIpc) is 1.98. The molecule has 0 bridgehead atoms. The van der Waals surface area contributed by atoms with Gasteiger partial charge >= 0.3 is 0 Å². The van der Waals surface area contributed by atoms with Crippen molar-refractivity contribution in [2.24, 2.45) is 17.3 Å². The van der Waals surface area contributed by atoms with Crippen LogP contribution in [0.1, 0.15) is 61.8 Å². The highest BCUT2D eigenvalue weighted by molar-refractivity contribution is 5.78. The number of carbonyl (C=O) groups is 1. The van der Waals surface area contributed by atoms with Crippen LogP contribution in [0.2, 0.25) is 0 Å². The smallest absolute Gasteiger partial charge is 0.223 e. The van der Waals surface area contributed by atoms with E-state index in [4.69, 9.17) is 0 Å². The third-order valence-corrected chi connectivity index (χ3v) is 3.13. The first-order valence-electron chi connectivity index (χ1n) is 6.25. The summed E-state index contributed by atoms with van der Waals surface area (Å²) >= 11 is 0. The third kappa shape index (κ3) is 6.14. The summed E-state index contributed by atoms with van der Waals surface area (Å²) in [7, 11) is 0. The molecule has 0 aromatic heterocycles. The normalized spacial score (nSPS) is 16.8. The molecule has 16 heavy (non-hydrogen) atoms. The van der Waals surface area contributed by atoms with Gasteiger partial charge in [0.2, 0.25) is 5.91 Å². The monoisotopic (exact) mass is 227 g/mol. The minimum Gasteiger partial charge on any atom is -0.351 e. The molecule has 96 valence electrons. The van der Waals surface area contributed by atoms with E-state index in [1.54, 1.807) is 0 Å². The van der Waals surface area contributed by atoms with Crippen molar-refractivity contribution in [3.05, 3.63) is 0 Å². The minimum atomic E-state index is -0.129. The molecule has 0 rings (SSSR count). The molecule has 2 nitrogen and oxygen atoms in total. The molecule has 2 unspecified atom stereocenters. The molecule has 2 atom stereocenters. The number of hydrogen-bond acceptors (Lipinski definition) is 1. The van der Waals surface area contributed by atoms with Gasteiger partial charge in [-0.25, -0.2) is 0 Å². The molecule has 0 spiro atoms. The third-order valence-electron chi connectivity index (χ3n) is 3.13. The Morgan fingerprint density at radius 2 is 1.50 bits per heavy atom. The van der Waals surface area contributed by atoms with Crippen molar-refractivity contribution in [1.82, 2.24) is 5.32 Å². The van der Waals surface area contributed by atoms with E-state index in [2.05, 4.69) is 33.0 Å². The molecule has 0 aliphatic carbocycles. The summed E-state index contributed by atoms with van der Waals surface area (Å²) < 4.78 is 0. The first-order valence-corrected chi connectivity index (χ1v) is 6.25. The number of amides is 1. The Bertz CT molecular complexity index is 232. The molecule has 0 saturated carbocycles. The number of hydrogen-bond donors (Lipinski definition) is 1. The first-order chi connectivity index (χ1) is 6.93. The van der Waals surface area contributed by atoms with Gasteiger partial charge in [0, 0.05) is 11.5 Å². The van der Waals surface area contributed by atoms with E-state index in [1.807, 2.05) is 27.7 Å². The maximum absolute atomic E-state index is 11.9. The van der Waals surface area contributed by atoms with Crippen LogP contribution in [0.5, 0.6) is 0 Å². The van der Waals surface area contributed by atoms with Crippen molar-refractivity contribution in [1.29, 1.82) is 0 Å². The quantitative estimate of drug-likeness (QED) is 0.784. The van der Waals surface area contributed by atoms with Crippen molar-refractivity contribution in [3.8, 4) is 0 Å². The molecule has 0 aromatic rings. The zero-order chi connectivity index (χ0) is 13.1. The van der Waals surface area contributed by atoms with Crippen molar-refractivity contribution in [2.75, 3.05) is 0 Å². The van der Waals surface area contributed by atoms with E-state index in [0.717, 1.165) is 6.42 Å². The van der Waals surface area contributed by atoms with E-state index < -0.39 is 0 Å².